The van der Waals surface area contributed by atoms with E-state index in [1.165, 1.54) is 19.3 Å². The number of aromatic nitrogens is 4. The molecule has 2 aromatic rings. The highest BCUT2D eigenvalue weighted by Crippen LogP contribution is 2.27. The van der Waals surface area contributed by atoms with Crippen LogP contribution in [-0.2, 0) is 18.4 Å². The van der Waals surface area contributed by atoms with Crippen molar-refractivity contribution in [1.29, 1.82) is 0 Å². The Hall–Kier alpha value is -2.64. The number of aryl methyl sites for hydroxylation is 2. The molecular weight excluding hydrogens is 370 g/mol. The van der Waals surface area contributed by atoms with Crippen LogP contribution in [0, 0.1) is 6.92 Å². The molecule has 1 saturated carbocycles. The lowest BCUT2D eigenvalue weighted by molar-refractivity contribution is 0.103. The zero-order valence-electron chi connectivity index (χ0n) is 17.8. The summed E-state index contributed by atoms with van der Waals surface area (Å²) in [6.07, 6.45) is 10.1. The van der Waals surface area contributed by atoms with Crippen molar-refractivity contribution in [3.63, 3.8) is 0 Å². The van der Waals surface area contributed by atoms with Gasteiger partial charge < -0.3 is 14.4 Å². The van der Waals surface area contributed by atoms with Crippen molar-refractivity contribution in [3.8, 4) is 17.1 Å². The van der Waals surface area contributed by atoms with Gasteiger partial charge in [0.05, 0.1) is 35.4 Å². The second-order valence-corrected chi connectivity index (χ2v) is 7.63. The molecule has 158 valence electrons. The smallest absolute Gasteiger partial charge is 0.409 e. The maximum absolute atomic E-state index is 12.1. The monoisotopic (exact) mass is 401 g/mol. The van der Waals surface area contributed by atoms with E-state index >= 15 is 0 Å². The van der Waals surface area contributed by atoms with Crippen LogP contribution in [0.3, 0.4) is 0 Å². The third-order valence-electron chi connectivity index (χ3n) is 5.29. The normalized spacial score (nSPS) is 14.6. The Morgan fingerprint density at radius 3 is 2.72 bits per heavy atom. The van der Waals surface area contributed by atoms with E-state index in [-0.39, 0.29) is 18.8 Å². The van der Waals surface area contributed by atoms with Crippen molar-refractivity contribution in [1.82, 2.24) is 24.6 Å². The first kappa shape index (κ1) is 21.1. The SMILES string of the molecule is CCCN(C)C(=O)OCc1c(-c2ncc(OC3CCCCC3)c(C)n2)cnn1C. The van der Waals surface area contributed by atoms with Crippen LogP contribution in [-0.4, -0.2) is 50.4 Å². The first-order valence-electron chi connectivity index (χ1n) is 10.4. The number of rotatable bonds is 7. The molecule has 29 heavy (non-hydrogen) atoms. The molecule has 1 fully saturated rings. The topological polar surface area (TPSA) is 82.4 Å². The molecule has 0 atom stereocenters. The van der Waals surface area contributed by atoms with Gasteiger partial charge in [-0.25, -0.2) is 14.8 Å². The fourth-order valence-electron chi connectivity index (χ4n) is 3.55. The predicted octanol–water partition coefficient (Wildman–Crippen LogP) is 3.88. The lowest BCUT2D eigenvalue weighted by atomic mass is 9.98. The molecule has 0 radical (unpaired) electrons. The third-order valence-corrected chi connectivity index (χ3v) is 5.29. The van der Waals surface area contributed by atoms with Gasteiger partial charge in [0, 0.05) is 20.6 Å². The molecule has 0 unspecified atom stereocenters. The second-order valence-electron chi connectivity index (χ2n) is 7.63. The maximum Gasteiger partial charge on any atom is 0.409 e. The van der Waals surface area contributed by atoms with Gasteiger partial charge in [0.2, 0.25) is 0 Å². The van der Waals surface area contributed by atoms with E-state index in [4.69, 9.17) is 9.47 Å². The molecular formula is C21H31N5O3. The second kappa shape index (κ2) is 9.71. The van der Waals surface area contributed by atoms with Crippen LogP contribution in [0.25, 0.3) is 11.4 Å². The van der Waals surface area contributed by atoms with E-state index in [1.54, 1.807) is 29.0 Å². The summed E-state index contributed by atoms with van der Waals surface area (Å²) in [7, 11) is 3.54. The maximum atomic E-state index is 12.1. The number of amides is 1. The van der Waals surface area contributed by atoms with Gasteiger partial charge in [-0.1, -0.05) is 13.3 Å². The minimum atomic E-state index is -0.354. The number of hydrogen-bond donors (Lipinski definition) is 0. The summed E-state index contributed by atoms with van der Waals surface area (Å²) in [4.78, 5) is 22.8. The van der Waals surface area contributed by atoms with Crippen LogP contribution in [0.2, 0.25) is 0 Å². The van der Waals surface area contributed by atoms with Crippen molar-refractivity contribution >= 4 is 6.09 Å². The Morgan fingerprint density at radius 2 is 2.03 bits per heavy atom. The van der Waals surface area contributed by atoms with Crippen molar-refractivity contribution in [3.05, 3.63) is 23.8 Å². The van der Waals surface area contributed by atoms with E-state index < -0.39 is 0 Å². The summed E-state index contributed by atoms with van der Waals surface area (Å²) in [6, 6.07) is 0. The molecule has 0 aliphatic heterocycles. The van der Waals surface area contributed by atoms with Crippen molar-refractivity contribution < 1.29 is 14.3 Å². The molecule has 0 saturated heterocycles. The molecule has 8 heteroatoms. The number of ether oxygens (including phenoxy) is 2. The van der Waals surface area contributed by atoms with Gasteiger partial charge >= 0.3 is 6.09 Å². The number of carbonyl (C=O) groups excluding carboxylic acids is 1. The van der Waals surface area contributed by atoms with Gasteiger partial charge in [-0.05, 0) is 39.0 Å². The Balaban J connectivity index is 1.72. The summed E-state index contributed by atoms with van der Waals surface area (Å²) in [6.45, 7) is 4.72. The molecule has 0 aromatic carbocycles. The lowest BCUT2D eigenvalue weighted by Crippen LogP contribution is -2.28. The summed E-state index contributed by atoms with van der Waals surface area (Å²) in [5, 5.41) is 4.30. The third kappa shape index (κ3) is 5.25. The van der Waals surface area contributed by atoms with Gasteiger partial charge in [-0.2, -0.15) is 5.10 Å². The van der Waals surface area contributed by atoms with Crippen LogP contribution in [0.4, 0.5) is 4.79 Å². The van der Waals surface area contributed by atoms with E-state index in [2.05, 4.69) is 15.1 Å². The zero-order chi connectivity index (χ0) is 20.8. The zero-order valence-corrected chi connectivity index (χ0v) is 17.8. The summed E-state index contributed by atoms with van der Waals surface area (Å²) in [5.41, 5.74) is 2.31. The van der Waals surface area contributed by atoms with Crippen molar-refractivity contribution in [2.75, 3.05) is 13.6 Å². The molecule has 1 aliphatic rings. The van der Waals surface area contributed by atoms with Crippen LogP contribution >= 0.6 is 0 Å². The van der Waals surface area contributed by atoms with E-state index in [1.807, 2.05) is 20.9 Å². The minimum Gasteiger partial charge on any atom is -0.487 e. The minimum absolute atomic E-state index is 0.113. The average molecular weight is 402 g/mol. The molecule has 0 bridgehead atoms. The van der Waals surface area contributed by atoms with Crippen LogP contribution in [0.5, 0.6) is 5.75 Å². The van der Waals surface area contributed by atoms with Crippen molar-refractivity contribution in [2.45, 2.75) is 65.1 Å². The standard InChI is InChI=1S/C21H31N5O3/c1-5-11-25(3)21(27)28-14-18-17(12-23-26(18)4)20-22-13-19(15(2)24-20)29-16-9-7-6-8-10-16/h12-13,16H,5-11,14H2,1-4H3. The average Bonchev–Trinajstić information content (AvgIpc) is 3.09. The van der Waals surface area contributed by atoms with E-state index in [0.717, 1.165) is 42.0 Å². The first-order valence-corrected chi connectivity index (χ1v) is 10.4. The van der Waals surface area contributed by atoms with Crippen molar-refractivity contribution in [2.24, 2.45) is 7.05 Å². The Bertz CT molecular complexity index is 830. The number of nitrogens with zero attached hydrogens (tertiary/aromatic N) is 5. The fourth-order valence-corrected chi connectivity index (χ4v) is 3.55. The fraction of sp³-hybridized carbons (Fsp3) is 0.619. The summed E-state index contributed by atoms with van der Waals surface area (Å²) < 4.78 is 13.3. The molecule has 2 aromatic heterocycles. The highest BCUT2D eigenvalue weighted by molar-refractivity contribution is 5.67. The van der Waals surface area contributed by atoms with Gasteiger partial charge in [-0.3, -0.25) is 4.68 Å². The molecule has 8 nitrogen and oxygen atoms in total. The van der Waals surface area contributed by atoms with Gasteiger partial charge in [0.15, 0.2) is 11.6 Å². The molecule has 1 amide bonds. The van der Waals surface area contributed by atoms with Crippen LogP contribution in [0.15, 0.2) is 12.4 Å². The largest absolute Gasteiger partial charge is 0.487 e. The Morgan fingerprint density at radius 1 is 1.28 bits per heavy atom. The molecule has 0 N–H and O–H groups in total. The molecule has 0 spiro atoms. The van der Waals surface area contributed by atoms with Crippen LogP contribution < -0.4 is 4.74 Å². The van der Waals surface area contributed by atoms with Gasteiger partial charge in [-0.15, -0.1) is 0 Å². The highest BCUT2D eigenvalue weighted by Gasteiger charge is 2.20. The Labute approximate surface area is 172 Å². The molecule has 2 heterocycles. The highest BCUT2D eigenvalue weighted by atomic mass is 16.6. The first-order chi connectivity index (χ1) is 14.0. The number of carbonyl (C=O) groups is 1. The lowest BCUT2D eigenvalue weighted by Gasteiger charge is -2.23. The summed E-state index contributed by atoms with van der Waals surface area (Å²) >= 11 is 0. The van der Waals surface area contributed by atoms with E-state index in [0.29, 0.717) is 12.4 Å². The van der Waals surface area contributed by atoms with Gasteiger partial charge in [0.1, 0.15) is 6.61 Å². The predicted molar refractivity (Wildman–Crippen MR) is 110 cm³/mol. The number of hydrogen-bond acceptors (Lipinski definition) is 6. The quantitative estimate of drug-likeness (QED) is 0.700. The Kier molecular flexibility index (Phi) is 7.06. The molecule has 3 rings (SSSR count). The van der Waals surface area contributed by atoms with Crippen LogP contribution in [0.1, 0.15) is 56.8 Å². The molecule has 1 aliphatic carbocycles. The summed E-state index contributed by atoms with van der Waals surface area (Å²) in [5.74, 6) is 1.29. The van der Waals surface area contributed by atoms with Gasteiger partial charge in [0.25, 0.3) is 0 Å². The van der Waals surface area contributed by atoms with E-state index in [9.17, 15) is 4.79 Å².